The maximum Gasteiger partial charge on any atom is 0.338 e. The van der Waals surface area contributed by atoms with Crippen LogP contribution in [0.3, 0.4) is 0 Å². The van der Waals surface area contributed by atoms with Gasteiger partial charge in [0.25, 0.3) is 0 Å². The van der Waals surface area contributed by atoms with Crippen molar-refractivity contribution in [3.05, 3.63) is 66.8 Å². The number of hydrogen-bond donors (Lipinski definition) is 0. The van der Waals surface area contributed by atoms with Crippen molar-refractivity contribution in [3.63, 3.8) is 0 Å². The fourth-order valence-electron chi connectivity index (χ4n) is 3.00. The van der Waals surface area contributed by atoms with Gasteiger partial charge in [0, 0.05) is 32.7 Å². The van der Waals surface area contributed by atoms with Gasteiger partial charge in [-0.15, -0.1) is 0 Å². The minimum absolute atomic E-state index is 0.0370. The number of fused-ring (bicyclic) bond motifs is 2. The van der Waals surface area contributed by atoms with E-state index in [0.29, 0.717) is 38.8 Å². The normalized spacial score (nSPS) is 10.8. The number of esters is 2. The molecule has 30 heavy (non-hydrogen) atoms. The van der Waals surface area contributed by atoms with Crippen molar-refractivity contribution in [2.24, 2.45) is 0 Å². The standard InChI is InChI=1S/C25H24O5/c1-14(2)24(26)29-22-18-9-7-8-10-19(18)23(30-25(27)15(3)4)21-13-17(28-16(5)6)11-12-20(21)22/h7-13,16H,1,3H2,2,4-6H3. The van der Waals surface area contributed by atoms with Gasteiger partial charge < -0.3 is 14.2 Å². The molecule has 3 rings (SSSR count). The SMILES string of the molecule is C=C(C)C(=O)Oc1c2ccccc2c(OC(=O)C(=C)C)c2cc(OC(C)C)ccc12. The van der Waals surface area contributed by atoms with E-state index in [1.807, 2.05) is 38.1 Å². The van der Waals surface area contributed by atoms with Crippen molar-refractivity contribution < 1.29 is 23.8 Å². The molecule has 0 atom stereocenters. The molecule has 0 fully saturated rings. The highest BCUT2D eigenvalue weighted by molar-refractivity contribution is 6.14. The average Bonchev–Trinajstić information content (AvgIpc) is 2.69. The van der Waals surface area contributed by atoms with E-state index in [2.05, 4.69) is 13.2 Å². The van der Waals surface area contributed by atoms with E-state index in [1.54, 1.807) is 32.0 Å². The molecule has 0 saturated carbocycles. The summed E-state index contributed by atoms with van der Waals surface area (Å²) in [6.07, 6.45) is -0.0370. The average molecular weight is 404 g/mol. The molecule has 0 bridgehead atoms. The number of ether oxygens (including phenoxy) is 3. The molecule has 0 heterocycles. The molecule has 0 aliphatic rings. The number of hydrogen-bond acceptors (Lipinski definition) is 5. The minimum atomic E-state index is -0.539. The third kappa shape index (κ3) is 4.20. The second-order valence-corrected chi connectivity index (χ2v) is 7.42. The van der Waals surface area contributed by atoms with Crippen LogP contribution < -0.4 is 14.2 Å². The summed E-state index contributed by atoms with van der Waals surface area (Å²) in [5.74, 6) is 0.272. The van der Waals surface area contributed by atoms with E-state index in [-0.39, 0.29) is 17.3 Å². The van der Waals surface area contributed by atoms with E-state index in [1.165, 1.54) is 0 Å². The number of rotatable bonds is 6. The summed E-state index contributed by atoms with van der Waals surface area (Å²) in [5.41, 5.74) is 0.560. The minimum Gasteiger partial charge on any atom is -0.491 e. The molecule has 0 N–H and O–H groups in total. The highest BCUT2D eigenvalue weighted by atomic mass is 16.5. The molecule has 3 aromatic rings. The first-order valence-corrected chi connectivity index (χ1v) is 9.59. The highest BCUT2D eigenvalue weighted by Crippen LogP contribution is 2.44. The third-order valence-corrected chi connectivity index (χ3v) is 4.35. The van der Waals surface area contributed by atoms with Gasteiger partial charge in [-0.3, -0.25) is 0 Å². The van der Waals surface area contributed by atoms with Crippen LogP contribution in [0.2, 0.25) is 0 Å². The van der Waals surface area contributed by atoms with Gasteiger partial charge in [-0.1, -0.05) is 37.4 Å². The Balaban J connectivity index is 2.37. The van der Waals surface area contributed by atoms with Gasteiger partial charge >= 0.3 is 11.9 Å². The molecule has 0 radical (unpaired) electrons. The summed E-state index contributed by atoms with van der Waals surface area (Å²) in [5, 5.41) is 2.47. The third-order valence-electron chi connectivity index (χ3n) is 4.35. The summed E-state index contributed by atoms with van der Waals surface area (Å²) >= 11 is 0. The summed E-state index contributed by atoms with van der Waals surface area (Å²) in [7, 11) is 0. The maximum atomic E-state index is 12.4. The molecule has 0 spiro atoms. The topological polar surface area (TPSA) is 61.8 Å². The van der Waals surface area contributed by atoms with Crippen LogP contribution in [0.1, 0.15) is 27.7 Å². The number of benzene rings is 3. The Morgan fingerprint density at radius 2 is 1.23 bits per heavy atom. The first-order chi connectivity index (χ1) is 14.2. The second-order valence-electron chi connectivity index (χ2n) is 7.42. The second kappa shape index (κ2) is 8.41. The molecule has 3 aromatic carbocycles. The zero-order valence-corrected chi connectivity index (χ0v) is 17.6. The van der Waals surface area contributed by atoms with Crippen LogP contribution in [0.25, 0.3) is 21.5 Å². The fraction of sp³-hybridized carbons (Fsp3) is 0.200. The smallest absolute Gasteiger partial charge is 0.338 e. The number of carbonyl (C=O) groups is 2. The van der Waals surface area contributed by atoms with Gasteiger partial charge in [-0.05, 0) is 45.9 Å². The van der Waals surface area contributed by atoms with Gasteiger partial charge in [0.1, 0.15) is 17.2 Å². The monoisotopic (exact) mass is 404 g/mol. The summed E-state index contributed by atoms with van der Waals surface area (Å²) in [6.45, 7) is 14.3. The lowest BCUT2D eigenvalue weighted by atomic mass is 10.00. The zero-order valence-electron chi connectivity index (χ0n) is 17.6. The molecular formula is C25H24O5. The molecule has 0 aliphatic carbocycles. The molecule has 154 valence electrons. The van der Waals surface area contributed by atoms with Crippen LogP contribution in [-0.2, 0) is 9.59 Å². The zero-order chi connectivity index (χ0) is 22.0. The van der Waals surface area contributed by atoms with E-state index < -0.39 is 11.9 Å². The van der Waals surface area contributed by atoms with Crippen molar-refractivity contribution >= 4 is 33.5 Å². The van der Waals surface area contributed by atoms with Gasteiger partial charge in [0.2, 0.25) is 0 Å². The molecule has 0 saturated heterocycles. The van der Waals surface area contributed by atoms with E-state index >= 15 is 0 Å². The molecule has 0 aliphatic heterocycles. The van der Waals surface area contributed by atoms with Gasteiger partial charge in [0.15, 0.2) is 0 Å². The first kappa shape index (κ1) is 21.1. The molecule has 0 unspecified atom stereocenters. The number of carbonyl (C=O) groups excluding carboxylic acids is 2. The Bertz CT molecular complexity index is 1190. The first-order valence-electron chi connectivity index (χ1n) is 9.59. The molecular weight excluding hydrogens is 380 g/mol. The van der Waals surface area contributed by atoms with Crippen LogP contribution in [0.4, 0.5) is 0 Å². The summed E-state index contributed by atoms with van der Waals surface area (Å²) in [4.78, 5) is 24.7. The predicted octanol–water partition coefficient (Wildman–Crippen LogP) is 5.74. The molecule has 5 nitrogen and oxygen atoms in total. The molecule has 5 heteroatoms. The van der Waals surface area contributed by atoms with E-state index in [4.69, 9.17) is 14.2 Å². The summed E-state index contributed by atoms with van der Waals surface area (Å²) < 4.78 is 17.2. The van der Waals surface area contributed by atoms with Crippen LogP contribution >= 0.6 is 0 Å². The largest absolute Gasteiger partial charge is 0.491 e. The lowest BCUT2D eigenvalue weighted by Crippen LogP contribution is -2.11. The lowest BCUT2D eigenvalue weighted by Gasteiger charge is -2.18. The van der Waals surface area contributed by atoms with E-state index in [9.17, 15) is 9.59 Å². The summed E-state index contributed by atoms with van der Waals surface area (Å²) in [6, 6.07) is 12.6. The van der Waals surface area contributed by atoms with Crippen LogP contribution in [0.5, 0.6) is 17.2 Å². The Morgan fingerprint density at radius 1 is 0.767 bits per heavy atom. The Kier molecular flexibility index (Phi) is 5.92. The van der Waals surface area contributed by atoms with Crippen LogP contribution in [-0.4, -0.2) is 18.0 Å². The van der Waals surface area contributed by atoms with Crippen LogP contribution in [0.15, 0.2) is 66.8 Å². The van der Waals surface area contributed by atoms with Crippen molar-refractivity contribution in [2.75, 3.05) is 0 Å². The quantitative estimate of drug-likeness (QED) is 0.227. The Labute approximate surface area is 175 Å². The van der Waals surface area contributed by atoms with Crippen molar-refractivity contribution in [1.29, 1.82) is 0 Å². The molecule has 0 amide bonds. The maximum absolute atomic E-state index is 12.4. The Morgan fingerprint density at radius 3 is 1.70 bits per heavy atom. The van der Waals surface area contributed by atoms with E-state index in [0.717, 1.165) is 0 Å². The van der Waals surface area contributed by atoms with Crippen molar-refractivity contribution in [3.8, 4) is 17.2 Å². The van der Waals surface area contributed by atoms with Crippen LogP contribution in [0, 0.1) is 0 Å². The lowest BCUT2D eigenvalue weighted by molar-refractivity contribution is -0.130. The van der Waals surface area contributed by atoms with Crippen molar-refractivity contribution in [1.82, 2.24) is 0 Å². The van der Waals surface area contributed by atoms with Gasteiger partial charge in [0.05, 0.1) is 6.10 Å². The Hall–Kier alpha value is -3.60. The highest BCUT2D eigenvalue weighted by Gasteiger charge is 2.21. The van der Waals surface area contributed by atoms with Gasteiger partial charge in [-0.25, -0.2) is 9.59 Å². The van der Waals surface area contributed by atoms with Crippen molar-refractivity contribution in [2.45, 2.75) is 33.8 Å². The molecule has 0 aromatic heterocycles. The predicted molar refractivity (Wildman–Crippen MR) is 118 cm³/mol. The fourth-order valence-corrected chi connectivity index (χ4v) is 3.00. The van der Waals surface area contributed by atoms with Gasteiger partial charge in [-0.2, -0.15) is 0 Å².